The molecule has 1 fully saturated rings. The average molecular weight is 397 g/mol. The molecule has 0 aromatic heterocycles. The minimum absolute atomic E-state index is 0.00901. The van der Waals surface area contributed by atoms with Crippen LogP contribution in [0.3, 0.4) is 0 Å². The summed E-state index contributed by atoms with van der Waals surface area (Å²) in [5.41, 5.74) is 0.553. The van der Waals surface area contributed by atoms with E-state index in [0.717, 1.165) is 4.47 Å². The average Bonchev–Trinajstić information content (AvgIpc) is 2.67. The molecule has 20 heavy (non-hydrogen) atoms. The Kier molecular flexibility index (Phi) is 5.40. The van der Waals surface area contributed by atoms with Crippen LogP contribution in [-0.4, -0.2) is 23.3 Å². The lowest BCUT2D eigenvalue weighted by Crippen LogP contribution is -2.25. The first kappa shape index (κ1) is 16.1. The summed E-state index contributed by atoms with van der Waals surface area (Å²) in [6.45, 7) is 2.07. The third-order valence-electron chi connectivity index (χ3n) is 2.98. The molecule has 1 aliphatic heterocycles. The monoisotopic (exact) mass is 395 g/mol. The molecule has 1 heterocycles. The van der Waals surface area contributed by atoms with Gasteiger partial charge in [0.15, 0.2) is 5.12 Å². The molecule has 2 rings (SSSR count). The van der Waals surface area contributed by atoms with Crippen LogP contribution in [0.5, 0.6) is 0 Å². The molecule has 1 saturated heterocycles. The summed E-state index contributed by atoms with van der Waals surface area (Å²) in [6.07, 6.45) is 0.420. The first-order chi connectivity index (χ1) is 9.38. The van der Waals surface area contributed by atoms with E-state index in [4.69, 9.17) is 23.2 Å². The van der Waals surface area contributed by atoms with Crippen LogP contribution in [0, 0.1) is 5.92 Å². The molecular formula is C13H12BrCl2NO2S. The third-order valence-corrected chi connectivity index (χ3v) is 5.06. The lowest BCUT2D eigenvalue weighted by Gasteiger charge is -2.20. The number of anilines is 1. The van der Waals surface area contributed by atoms with E-state index in [1.807, 2.05) is 0 Å². The van der Waals surface area contributed by atoms with Crippen LogP contribution in [0.15, 0.2) is 16.6 Å². The molecule has 0 spiro atoms. The summed E-state index contributed by atoms with van der Waals surface area (Å²) in [4.78, 5) is 24.7. The van der Waals surface area contributed by atoms with Gasteiger partial charge < -0.3 is 4.90 Å². The fourth-order valence-electron chi connectivity index (χ4n) is 2.14. The van der Waals surface area contributed by atoms with Crippen LogP contribution in [0.1, 0.15) is 13.3 Å². The second-order valence-corrected chi connectivity index (χ2v) is 7.52. The third kappa shape index (κ3) is 3.70. The van der Waals surface area contributed by atoms with Crippen molar-refractivity contribution in [3.8, 4) is 0 Å². The zero-order valence-electron chi connectivity index (χ0n) is 10.7. The Labute approximate surface area is 140 Å². The minimum Gasteiger partial charge on any atom is -0.309 e. The molecular weight excluding hydrogens is 385 g/mol. The van der Waals surface area contributed by atoms with Crippen molar-refractivity contribution in [3.63, 3.8) is 0 Å². The Hall–Kier alpha value is -0.230. The number of nitrogens with zero attached hydrogens (tertiary/aromatic N) is 1. The summed E-state index contributed by atoms with van der Waals surface area (Å²) in [5, 5.41) is 0.950. The van der Waals surface area contributed by atoms with Crippen LogP contribution < -0.4 is 4.90 Å². The van der Waals surface area contributed by atoms with Crippen molar-refractivity contribution in [2.24, 2.45) is 5.92 Å². The van der Waals surface area contributed by atoms with E-state index < -0.39 is 0 Å². The maximum absolute atomic E-state index is 12.1. The lowest BCUT2D eigenvalue weighted by atomic mass is 10.1. The van der Waals surface area contributed by atoms with Crippen molar-refractivity contribution < 1.29 is 9.59 Å². The molecule has 108 valence electrons. The highest BCUT2D eigenvalue weighted by Crippen LogP contribution is 2.39. The first-order valence-corrected chi connectivity index (χ1v) is 8.50. The van der Waals surface area contributed by atoms with Crippen molar-refractivity contribution in [1.29, 1.82) is 0 Å². The molecule has 1 aromatic carbocycles. The zero-order chi connectivity index (χ0) is 14.9. The summed E-state index contributed by atoms with van der Waals surface area (Å²) in [5.74, 6) is 0.779. The fraction of sp³-hybridized carbons (Fsp3) is 0.385. The van der Waals surface area contributed by atoms with Crippen LogP contribution in [0.25, 0.3) is 0 Å². The van der Waals surface area contributed by atoms with Crippen molar-refractivity contribution in [3.05, 3.63) is 26.7 Å². The Balaban J connectivity index is 2.18. The Bertz CT molecular complexity index is 544. The van der Waals surface area contributed by atoms with Crippen LogP contribution in [0.4, 0.5) is 5.69 Å². The number of benzene rings is 1. The van der Waals surface area contributed by atoms with E-state index in [1.54, 1.807) is 17.0 Å². The Morgan fingerprint density at radius 2 is 2.05 bits per heavy atom. The number of amides is 1. The van der Waals surface area contributed by atoms with Gasteiger partial charge in [0.05, 0.1) is 15.7 Å². The second kappa shape index (κ2) is 6.69. The number of rotatable bonds is 3. The molecule has 1 unspecified atom stereocenters. The van der Waals surface area contributed by atoms with Crippen molar-refractivity contribution in [1.82, 2.24) is 0 Å². The van der Waals surface area contributed by atoms with E-state index in [9.17, 15) is 9.59 Å². The van der Waals surface area contributed by atoms with Gasteiger partial charge in [-0.15, -0.1) is 0 Å². The van der Waals surface area contributed by atoms with Gasteiger partial charge in [-0.25, -0.2) is 0 Å². The number of carbonyl (C=O) groups is 2. The highest BCUT2D eigenvalue weighted by atomic mass is 79.9. The molecule has 0 radical (unpaired) electrons. The van der Waals surface area contributed by atoms with Gasteiger partial charge in [0.2, 0.25) is 5.91 Å². The molecule has 0 bridgehead atoms. The van der Waals surface area contributed by atoms with E-state index in [1.165, 1.54) is 18.7 Å². The molecule has 7 heteroatoms. The topological polar surface area (TPSA) is 37.4 Å². The van der Waals surface area contributed by atoms with Gasteiger partial charge in [-0.3, -0.25) is 9.59 Å². The Morgan fingerprint density at radius 1 is 1.45 bits per heavy atom. The quantitative estimate of drug-likeness (QED) is 0.760. The normalized spacial score (nSPS) is 18.7. The predicted molar refractivity (Wildman–Crippen MR) is 87.8 cm³/mol. The predicted octanol–water partition coefficient (Wildman–Crippen LogP) is 4.39. The largest absolute Gasteiger partial charge is 0.309 e. The van der Waals surface area contributed by atoms with Gasteiger partial charge in [-0.2, -0.15) is 0 Å². The standard InChI is InChI=1S/C13H12BrCl2NO2S/c1-7(18)20-6-8-2-12(19)17(5-8)13-10(15)3-9(14)4-11(13)16/h3-4,8H,2,5-6H2,1H3. The number of carbonyl (C=O) groups excluding carboxylic acids is 2. The molecule has 1 aromatic rings. The molecule has 1 aliphatic rings. The fourth-order valence-corrected chi connectivity index (χ4v) is 4.24. The molecule has 0 aliphatic carbocycles. The SMILES string of the molecule is CC(=O)SCC1CC(=O)N(c2c(Cl)cc(Br)cc2Cl)C1. The summed E-state index contributed by atoms with van der Waals surface area (Å²) >= 11 is 16.9. The Morgan fingerprint density at radius 3 is 2.60 bits per heavy atom. The van der Waals surface area contributed by atoms with Crippen LogP contribution in [0.2, 0.25) is 10.0 Å². The first-order valence-electron chi connectivity index (χ1n) is 5.96. The van der Waals surface area contributed by atoms with Crippen molar-refractivity contribution in [2.45, 2.75) is 13.3 Å². The lowest BCUT2D eigenvalue weighted by molar-refractivity contribution is -0.117. The number of thioether (sulfide) groups is 1. The molecule has 1 amide bonds. The molecule has 0 saturated carbocycles. The summed E-state index contributed by atoms with van der Waals surface area (Å²) < 4.78 is 0.770. The van der Waals surface area contributed by atoms with Crippen LogP contribution >= 0.6 is 50.9 Å². The van der Waals surface area contributed by atoms with Gasteiger partial charge in [0.1, 0.15) is 0 Å². The summed E-state index contributed by atoms with van der Waals surface area (Å²) in [6, 6.07) is 3.43. The van der Waals surface area contributed by atoms with E-state index in [-0.39, 0.29) is 16.9 Å². The number of hydrogen-bond donors (Lipinski definition) is 0. The number of halogens is 3. The number of hydrogen-bond acceptors (Lipinski definition) is 3. The zero-order valence-corrected chi connectivity index (χ0v) is 14.6. The molecule has 0 N–H and O–H groups in total. The van der Waals surface area contributed by atoms with E-state index >= 15 is 0 Å². The van der Waals surface area contributed by atoms with Crippen LogP contribution in [-0.2, 0) is 9.59 Å². The van der Waals surface area contributed by atoms with Gasteiger partial charge in [-0.05, 0) is 18.1 Å². The van der Waals surface area contributed by atoms with Gasteiger partial charge in [-0.1, -0.05) is 50.9 Å². The van der Waals surface area contributed by atoms with Gasteiger partial charge >= 0.3 is 0 Å². The highest BCUT2D eigenvalue weighted by molar-refractivity contribution is 9.10. The second-order valence-electron chi connectivity index (χ2n) is 4.60. The highest BCUT2D eigenvalue weighted by Gasteiger charge is 2.33. The molecule has 1 atom stereocenters. The van der Waals surface area contributed by atoms with Crippen molar-refractivity contribution >= 4 is 67.6 Å². The summed E-state index contributed by atoms with van der Waals surface area (Å²) in [7, 11) is 0. The van der Waals surface area contributed by atoms with Crippen molar-refractivity contribution in [2.75, 3.05) is 17.2 Å². The molecule has 3 nitrogen and oxygen atoms in total. The van der Waals surface area contributed by atoms with E-state index in [2.05, 4.69) is 15.9 Å². The maximum Gasteiger partial charge on any atom is 0.227 e. The van der Waals surface area contributed by atoms with Gasteiger partial charge in [0.25, 0.3) is 0 Å². The van der Waals surface area contributed by atoms with Gasteiger partial charge in [0, 0.05) is 30.1 Å². The minimum atomic E-state index is -0.00901. The smallest absolute Gasteiger partial charge is 0.227 e. The van der Waals surface area contributed by atoms with E-state index in [0.29, 0.717) is 34.5 Å². The maximum atomic E-state index is 12.1.